The quantitative estimate of drug-likeness (QED) is 0.652. The van der Waals surface area contributed by atoms with Crippen molar-refractivity contribution >= 4 is 23.6 Å². The van der Waals surface area contributed by atoms with Gasteiger partial charge >= 0.3 is 12.0 Å². The maximum Gasteiger partial charge on any atom is 0.338 e. The van der Waals surface area contributed by atoms with Gasteiger partial charge in [0.1, 0.15) is 0 Å². The highest BCUT2D eigenvalue weighted by Crippen LogP contribution is 2.14. The number of anilines is 1. The van der Waals surface area contributed by atoms with E-state index in [4.69, 9.17) is 10.5 Å². The first-order chi connectivity index (χ1) is 12.9. The summed E-state index contributed by atoms with van der Waals surface area (Å²) in [5.74, 6) is -0.908. The van der Waals surface area contributed by atoms with E-state index in [1.165, 1.54) is 19.1 Å². The van der Waals surface area contributed by atoms with Crippen LogP contribution in [0.15, 0.2) is 54.6 Å². The van der Waals surface area contributed by atoms with Gasteiger partial charge in [-0.2, -0.15) is 0 Å². The van der Waals surface area contributed by atoms with Gasteiger partial charge in [-0.15, -0.1) is 0 Å². The molecule has 7 heteroatoms. The number of carbonyl (C=O) groups is 3. The Morgan fingerprint density at radius 1 is 1.04 bits per heavy atom. The van der Waals surface area contributed by atoms with Crippen molar-refractivity contribution in [1.29, 1.82) is 0 Å². The minimum absolute atomic E-state index is 0.134. The maximum atomic E-state index is 12.2. The first-order valence-corrected chi connectivity index (χ1v) is 8.57. The van der Waals surface area contributed by atoms with Crippen molar-refractivity contribution < 1.29 is 19.1 Å². The molecule has 0 radical (unpaired) electrons. The van der Waals surface area contributed by atoms with Gasteiger partial charge in [0.2, 0.25) is 0 Å². The summed E-state index contributed by atoms with van der Waals surface area (Å²) in [6.45, 7) is 3.94. The fraction of sp³-hybridized carbons (Fsp3) is 0.250. The molecule has 0 heterocycles. The van der Waals surface area contributed by atoms with Gasteiger partial charge in [-0.1, -0.05) is 43.3 Å². The van der Waals surface area contributed by atoms with E-state index in [1.807, 2.05) is 37.3 Å². The molecule has 0 fully saturated rings. The van der Waals surface area contributed by atoms with Crippen LogP contribution in [0.1, 0.15) is 35.7 Å². The number of benzene rings is 2. The fourth-order valence-electron chi connectivity index (χ4n) is 2.45. The third-order valence-electron chi connectivity index (χ3n) is 3.97. The summed E-state index contributed by atoms with van der Waals surface area (Å²) in [5, 5.41) is 5.16. The number of ether oxygens (including phenoxy) is 1. The minimum Gasteiger partial charge on any atom is -0.449 e. The monoisotopic (exact) mass is 369 g/mol. The molecule has 7 nitrogen and oxygen atoms in total. The van der Waals surface area contributed by atoms with E-state index < -0.39 is 18.1 Å². The summed E-state index contributed by atoms with van der Waals surface area (Å²) < 4.78 is 5.20. The summed E-state index contributed by atoms with van der Waals surface area (Å²) in [5.41, 5.74) is 6.74. The number of rotatable bonds is 7. The lowest BCUT2D eigenvalue weighted by atomic mass is 10.0. The summed E-state index contributed by atoms with van der Waals surface area (Å²) >= 11 is 0. The number of amides is 3. The van der Waals surface area contributed by atoms with Crippen molar-refractivity contribution in [3.8, 4) is 0 Å². The van der Waals surface area contributed by atoms with Crippen LogP contribution in [-0.4, -0.2) is 30.6 Å². The second kappa shape index (κ2) is 9.38. The fourth-order valence-corrected chi connectivity index (χ4v) is 2.45. The van der Waals surface area contributed by atoms with Crippen LogP contribution in [0.2, 0.25) is 0 Å². The topological polar surface area (TPSA) is 111 Å². The molecule has 0 saturated heterocycles. The Hall–Kier alpha value is -3.35. The Kier molecular flexibility index (Phi) is 6.93. The van der Waals surface area contributed by atoms with Crippen molar-refractivity contribution in [2.45, 2.75) is 25.9 Å². The molecule has 0 aliphatic rings. The number of primary amides is 1. The average Bonchev–Trinajstić information content (AvgIpc) is 2.66. The lowest BCUT2D eigenvalue weighted by molar-refractivity contribution is -0.129. The van der Waals surface area contributed by atoms with Crippen molar-refractivity contribution in [3.63, 3.8) is 0 Å². The summed E-state index contributed by atoms with van der Waals surface area (Å²) in [7, 11) is 0. The molecule has 0 spiro atoms. The summed E-state index contributed by atoms with van der Waals surface area (Å²) in [6, 6.07) is 15.2. The lowest BCUT2D eigenvalue weighted by Crippen LogP contribution is -2.37. The number of carbonyl (C=O) groups excluding carboxylic acids is 3. The van der Waals surface area contributed by atoms with Gasteiger partial charge in [0.05, 0.1) is 5.56 Å². The molecule has 0 saturated carbocycles. The Labute approximate surface area is 157 Å². The first kappa shape index (κ1) is 20.0. The van der Waals surface area contributed by atoms with Crippen LogP contribution >= 0.6 is 0 Å². The Balaban J connectivity index is 1.88. The molecular formula is C20H23N3O4. The molecule has 3 amide bonds. The normalized spacial score (nSPS) is 12.5. The highest BCUT2D eigenvalue weighted by Gasteiger charge is 2.19. The van der Waals surface area contributed by atoms with Gasteiger partial charge in [-0.05, 0) is 36.6 Å². The summed E-state index contributed by atoms with van der Waals surface area (Å²) in [4.78, 5) is 35.3. The zero-order valence-corrected chi connectivity index (χ0v) is 15.3. The van der Waals surface area contributed by atoms with Crippen LogP contribution in [0.25, 0.3) is 0 Å². The third-order valence-corrected chi connectivity index (χ3v) is 3.97. The largest absolute Gasteiger partial charge is 0.449 e. The molecule has 0 aromatic heterocycles. The molecule has 0 bridgehead atoms. The Bertz CT molecular complexity index is 808. The van der Waals surface area contributed by atoms with Gasteiger partial charge in [-0.3, -0.25) is 4.79 Å². The number of esters is 1. The number of nitrogens with two attached hydrogens (primary N) is 1. The molecule has 0 aliphatic carbocycles. The third kappa shape index (κ3) is 6.14. The van der Waals surface area contributed by atoms with Crippen molar-refractivity contribution in [2.75, 3.05) is 11.9 Å². The number of hydrogen-bond acceptors (Lipinski definition) is 4. The van der Waals surface area contributed by atoms with Crippen LogP contribution in [0.5, 0.6) is 0 Å². The van der Waals surface area contributed by atoms with Crippen molar-refractivity contribution in [1.82, 2.24) is 5.32 Å². The van der Waals surface area contributed by atoms with Gasteiger partial charge in [0.15, 0.2) is 6.10 Å². The maximum absolute atomic E-state index is 12.2. The minimum atomic E-state index is -0.951. The van der Waals surface area contributed by atoms with Crippen LogP contribution < -0.4 is 16.4 Å². The number of urea groups is 1. The highest BCUT2D eigenvalue weighted by atomic mass is 16.5. The lowest BCUT2D eigenvalue weighted by Gasteiger charge is -2.17. The van der Waals surface area contributed by atoms with Gasteiger partial charge in [0, 0.05) is 12.2 Å². The molecule has 2 aromatic rings. The van der Waals surface area contributed by atoms with Crippen molar-refractivity contribution in [3.05, 3.63) is 65.7 Å². The van der Waals surface area contributed by atoms with Gasteiger partial charge < -0.3 is 21.1 Å². The van der Waals surface area contributed by atoms with E-state index >= 15 is 0 Å². The van der Waals surface area contributed by atoms with Gasteiger partial charge in [-0.25, -0.2) is 9.59 Å². The molecule has 2 rings (SSSR count). The van der Waals surface area contributed by atoms with E-state index in [9.17, 15) is 14.4 Å². The predicted octanol–water partition coefficient (Wildman–Crippen LogP) is 2.64. The molecule has 142 valence electrons. The van der Waals surface area contributed by atoms with Crippen LogP contribution in [0, 0.1) is 0 Å². The SMILES string of the molecule is C[C@@H](OC(=O)c1cccc(NC(N)=O)c1)C(=O)NC[C@H](C)c1ccccc1. The van der Waals surface area contributed by atoms with Crippen LogP contribution in [0.4, 0.5) is 10.5 Å². The first-order valence-electron chi connectivity index (χ1n) is 8.57. The van der Waals surface area contributed by atoms with E-state index in [0.29, 0.717) is 12.2 Å². The second-order valence-corrected chi connectivity index (χ2v) is 6.17. The van der Waals surface area contributed by atoms with Crippen LogP contribution in [-0.2, 0) is 9.53 Å². The summed E-state index contributed by atoms with van der Waals surface area (Å²) in [6.07, 6.45) is -0.951. The van der Waals surface area contributed by atoms with Gasteiger partial charge in [0.25, 0.3) is 5.91 Å². The number of hydrogen-bond donors (Lipinski definition) is 3. The average molecular weight is 369 g/mol. The molecule has 2 aromatic carbocycles. The standard InChI is InChI=1S/C20H23N3O4/c1-13(15-7-4-3-5-8-15)12-22-18(24)14(2)27-19(25)16-9-6-10-17(11-16)23-20(21)26/h3-11,13-14H,12H2,1-2H3,(H,22,24)(H3,21,23,26)/t13-,14+/m0/s1. The van der Waals surface area contributed by atoms with E-state index in [0.717, 1.165) is 5.56 Å². The zero-order chi connectivity index (χ0) is 19.8. The number of nitrogens with one attached hydrogen (secondary N) is 2. The van der Waals surface area contributed by atoms with E-state index in [2.05, 4.69) is 10.6 Å². The zero-order valence-electron chi connectivity index (χ0n) is 15.3. The molecule has 0 aliphatic heterocycles. The molecule has 0 unspecified atom stereocenters. The van der Waals surface area contributed by atoms with E-state index in [-0.39, 0.29) is 17.4 Å². The Morgan fingerprint density at radius 2 is 1.74 bits per heavy atom. The molecule has 27 heavy (non-hydrogen) atoms. The Morgan fingerprint density at radius 3 is 2.41 bits per heavy atom. The van der Waals surface area contributed by atoms with E-state index in [1.54, 1.807) is 12.1 Å². The molecule has 4 N–H and O–H groups in total. The molecule has 2 atom stereocenters. The van der Waals surface area contributed by atoms with Crippen LogP contribution in [0.3, 0.4) is 0 Å². The molecular weight excluding hydrogens is 346 g/mol. The second-order valence-electron chi connectivity index (χ2n) is 6.17. The predicted molar refractivity (Wildman–Crippen MR) is 102 cm³/mol. The smallest absolute Gasteiger partial charge is 0.338 e. The highest BCUT2D eigenvalue weighted by molar-refractivity contribution is 5.94. The van der Waals surface area contributed by atoms with Crippen molar-refractivity contribution in [2.24, 2.45) is 5.73 Å².